The van der Waals surface area contributed by atoms with Crippen LogP contribution in [0.15, 0.2) is 102 Å². The van der Waals surface area contributed by atoms with Gasteiger partial charge in [-0.1, -0.05) is 78.9 Å². The highest BCUT2D eigenvalue weighted by Gasteiger charge is 2.35. The molecular formula is C38H36N2O6S2. The quantitative estimate of drug-likeness (QED) is 0.0885. The number of carboxylic acids is 1. The van der Waals surface area contributed by atoms with Crippen LogP contribution in [-0.2, 0) is 32.0 Å². The van der Waals surface area contributed by atoms with Gasteiger partial charge in [-0.25, -0.2) is 4.79 Å². The van der Waals surface area contributed by atoms with Gasteiger partial charge in [0.05, 0.1) is 24.5 Å². The molecule has 4 unspecified atom stereocenters. The molecule has 2 amide bonds. The van der Waals surface area contributed by atoms with E-state index in [2.05, 4.69) is 22.8 Å². The Morgan fingerprint density at radius 1 is 0.896 bits per heavy atom. The lowest BCUT2D eigenvalue weighted by atomic mass is 9.82. The number of thioether (sulfide) groups is 1. The molecule has 4 aromatic rings. The Bertz CT molecular complexity index is 1840. The van der Waals surface area contributed by atoms with Crippen molar-refractivity contribution < 1.29 is 29.0 Å². The molecule has 1 heterocycles. The number of fused-ring (bicyclic) bond motifs is 1. The number of carbonyl (C=O) groups excluding carboxylic acids is 3. The van der Waals surface area contributed by atoms with E-state index in [9.17, 15) is 24.3 Å². The first kappa shape index (κ1) is 33.2. The summed E-state index contributed by atoms with van der Waals surface area (Å²) in [4.78, 5) is 53.9. The summed E-state index contributed by atoms with van der Waals surface area (Å²) < 4.78 is 5.18. The van der Waals surface area contributed by atoms with E-state index >= 15 is 0 Å². The number of carboxylic acid groups (broad SMARTS) is 1. The van der Waals surface area contributed by atoms with Crippen molar-refractivity contribution in [1.82, 2.24) is 0 Å². The topological polar surface area (TPSA) is 122 Å². The number of esters is 1. The van der Waals surface area contributed by atoms with E-state index in [4.69, 9.17) is 4.74 Å². The lowest BCUT2D eigenvalue weighted by Crippen LogP contribution is -2.34. The molecule has 2 aliphatic rings. The monoisotopic (exact) mass is 680 g/mol. The molecule has 1 aromatic heterocycles. The number of rotatable bonds is 10. The molecule has 0 saturated heterocycles. The second kappa shape index (κ2) is 15.0. The van der Waals surface area contributed by atoms with Crippen LogP contribution in [0.2, 0.25) is 0 Å². The number of allylic oxidation sites excluding steroid dienone is 2. The predicted octanol–water partition coefficient (Wildman–Crippen LogP) is 7.88. The zero-order valence-electron chi connectivity index (χ0n) is 26.4. The van der Waals surface area contributed by atoms with Crippen molar-refractivity contribution in [1.29, 1.82) is 0 Å². The maximum Gasteiger partial charge on any atom is 0.341 e. The average Bonchev–Trinajstić information content (AvgIpc) is 3.48. The van der Waals surface area contributed by atoms with Crippen LogP contribution in [0, 0.1) is 11.8 Å². The highest BCUT2D eigenvalue weighted by molar-refractivity contribution is 8.00. The highest BCUT2D eigenvalue weighted by atomic mass is 32.2. The maximum atomic E-state index is 14.1. The molecule has 0 saturated carbocycles. The minimum atomic E-state index is -0.988. The fourth-order valence-electron chi connectivity index (χ4n) is 6.47. The van der Waals surface area contributed by atoms with Crippen LogP contribution in [0.25, 0.3) is 0 Å². The summed E-state index contributed by atoms with van der Waals surface area (Å²) in [5.41, 5.74) is 3.93. The molecule has 0 bridgehead atoms. The van der Waals surface area contributed by atoms with Crippen LogP contribution < -0.4 is 10.6 Å². The van der Waals surface area contributed by atoms with Gasteiger partial charge in [0.25, 0.3) is 0 Å². The Morgan fingerprint density at radius 2 is 1.60 bits per heavy atom. The summed E-state index contributed by atoms with van der Waals surface area (Å²) in [7, 11) is 1.36. The number of methoxy groups -OCH3 is 1. The van der Waals surface area contributed by atoms with Gasteiger partial charge in [-0.05, 0) is 72.9 Å². The Morgan fingerprint density at radius 3 is 2.31 bits per heavy atom. The number of hydrogen-bond acceptors (Lipinski definition) is 7. The van der Waals surface area contributed by atoms with Gasteiger partial charge < -0.3 is 20.5 Å². The van der Waals surface area contributed by atoms with E-state index < -0.39 is 29.0 Å². The molecule has 8 nitrogen and oxygen atoms in total. The normalized spacial score (nSPS) is 19.1. The van der Waals surface area contributed by atoms with Gasteiger partial charge >= 0.3 is 11.9 Å². The zero-order chi connectivity index (χ0) is 33.6. The van der Waals surface area contributed by atoms with Gasteiger partial charge in [0.2, 0.25) is 11.8 Å². The Balaban J connectivity index is 1.24. The van der Waals surface area contributed by atoms with E-state index in [0.29, 0.717) is 41.4 Å². The lowest BCUT2D eigenvalue weighted by Gasteiger charge is -2.24. The standard InChI is InChI=1S/C38H36N2O6S2/c1-46-38(45)32-30-20-19-25(23-11-4-2-5-12-23)21-31(30)48-36(32)40-35(42)33(24-13-6-3-7-14-24)47-27-16-10-15-26(22-27)39-34(41)28-17-8-9-18-29(28)37(43)44/h2-16,22,25,28-29,33H,17-21H2,1H3,(H,39,41)(H,40,42)(H,43,44). The molecule has 0 aliphatic heterocycles. The fraction of sp³-hybridized carbons (Fsp3) is 0.263. The third-order valence-electron chi connectivity index (χ3n) is 8.94. The number of amides is 2. The molecule has 246 valence electrons. The first-order chi connectivity index (χ1) is 23.3. The van der Waals surface area contributed by atoms with Gasteiger partial charge in [-0.15, -0.1) is 23.1 Å². The van der Waals surface area contributed by atoms with Crippen LogP contribution in [0.5, 0.6) is 0 Å². The van der Waals surface area contributed by atoms with Gasteiger partial charge in [0.15, 0.2) is 0 Å². The van der Waals surface area contributed by atoms with Crippen LogP contribution in [0.1, 0.15) is 62.4 Å². The zero-order valence-corrected chi connectivity index (χ0v) is 28.0. The van der Waals surface area contributed by atoms with E-state index in [0.717, 1.165) is 33.7 Å². The van der Waals surface area contributed by atoms with E-state index in [1.165, 1.54) is 35.8 Å². The van der Waals surface area contributed by atoms with Crippen LogP contribution in [0.4, 0.5) is 10.7 Å². The Labute approximate surface area is 287 Å². The van der Waals surface area contributed by atoms with Crippen LogP contribution >= 0.6 is 23.1 Å². The summed E-state index contributed by atoms with van der Waals surface area (Å²) >= 11 is 2.76. The summed E-state index contributed by atoms with van der Waals surface area (Å²) in [6.45, 7) is 0. The van der Waals surface area contributed by atoms with E-state index in [1.54, 1.807) is 24.3 Å². The molecule has 3 N–H and O–H groups in total. The van der Waals surface area contributed by atoms with Crippen LogP contribution in [-0.4, -0.2) is 36.0 Å². The smallest absolute Gasteiger partial charge is 0.341 e. The average molecular weight is 681 g/mol. The number of hydrogen-bond donors (Lipinski definition) is 3. The molecule has 48 heavy (non-hydrogen) atoms. The largest absolute Gasteiger partial charge is 0.481 e. The van der Waals surface area contributed by atoms with Crippen molar-refractivity contribution in [3.63, 3.8) is 0 Å². The highest BCUT2D eigenvalue weighted by Crippen LogP contribution is 2.44. The number of nitrogens with one attached hydrogen (secondary N) is 2. The van der Waals surface area contributed by atoms with Crippen molar-refractivity contribution >= 4 is 57.5 Å². The maximum absolute atomic E-state index is 14.1. The van der Waals surface area contributed by atoms with Gasteiger partial charge in [0, 0.05) is 15.5 Å². The summed E-state index contributed by atoms with van der Waals surface area (Å²) in [5, 5.41) is 15.4. The summed E-state index contributed by atoms with van der Waals surface area (Å²) in [6, 6.07) is 26.9. The molecule has 0 fully saturated rings. The molecule has 2 aliphatic carbocycles. The van der Waals surface area contributed by atoms with Crippen LogP contribution in [0.3, 0.4) is 0 Å². The molecule has 10 heteroatoms. The first-order valence-corrected chi connectivity index (χ1v) is 17.6. The number of benzene rings is 3. The third kappa shape index (κ3) is 7.40. The molecule has 0 radical (unpaired) electrons. The number of carbonyl (C=O) groups is 4. The van der Waals surface area contributed by atoms with Crippen molar-refractivity contribution in [2.75, 3.05) is 17.7 Å². The van der Waals surface area contributed by atoms with Gasteiger partial charge in [-0.2, -0.15) is 0 Å². The van der Waals surface area contributed by atoms with Gasteiger partial charge in [-0.3, -0.25) is 14.4 Å². The first-order valence-electron chi connectivity index (χ1n) is 15.9. The fourth-order valence-corrected chi connectivity index (χ4v) is 8.88. The molecule has 3 aromatic carbocycles. The lowest BCUT2D eigenvalue weighted by molar-refractivity contribution is -0.146. The van der Waals surface area contributed by atoms with E-state index in [-0.39, 0.29) is 11.8 Å². The minimum absolute atomic E-state index is 0.290. The number of anilines is 2. The minimum Gasteiger partial charge on any atom is -0.481 e. The molecule has 6 rings (SSSR count). The SMILES string of the molecule is COC(=O)c1c(NC(=O)C(Sc2cccc(NC(=O)C3CC=CCC3C(=O)O)c2)c2ccccc2)sc2c1CCC(c1ccccc1)C2. The second-order valence-electron chi connectivity index (χ2n) is 12.0. The van der Waals surface area contributed by atoms with E-state index in [1.807, 2.05) is 60.7 Å². The second-order valence-corrected chi connectivity index (χ2v) is 14.2. The number of ether oxygens (including phenoxy) is 1. The predicted molar refractivity (Wildman–Crippen MR) is 189 cm³/mol. The number of thiophene rings is 1. The molecule has 0 spiro atoms. The van der Waals surface area contributed by atoms with Crippen molar-refractivity contribution in [2.24, 2.45) is 11.8 Å². The number of aliphatic carboxylic acids is 1. The van der Waals surface area contributed by atoms with Crippen molar-refractivity contribution in [3.8, 4) is 0 Å². The van der Waals surface area contributed by atoms with Crippen molar-refractivity contribution in [2.45, 2.75) is 48.2 Å². The summed E-state index contributed by atoms with van der Waals surface area (Å²) in [5.74, 6) is -3.21. The third-order valence-corrected chi connectivity index (χ3v) is 11.4. The summed E-state index contributed by atoms with van der Waals surface area (Å²) in [6.07, 6.45) is 6.71. The Hall–Kier alpha value is -4.67. The molecule has 4 atom stereocenters. The Kier molecular flexibility index (Phi) is 10.4. The van der Waals surface area contributed by atoms with Gasteiger partial charge in [0.1, 0.15) is 10.3 Å². The molecular weight excluding hydrogens is 645 g/mol. The van der Waals surface area contributed by atoms with Crippen molar-refractivity contribution in [3.05, 3.63) is 124 Å².